The third kappa shape index (κ3) is 7.22. The minimum Gasteiger partial charge on any atom is -0.484 e. The maximum absolute atomic E-state index is 12.4. The van der Waals surface area contributed by atoms with Crippen LogP contribution >= 0.6 is 45.8 Å². The molecule has 9 heteroatoms. The van der Waals surface area contributed by atoms with E-state index in [9.17, 15) is 14.9 Å². The van der Waals surface area contributed by atoms with Crippen LogP contribution in [0.1, 0.15) is 5.56 Å². The summed E-state index contributed by atoms with van der Waals surface area (Å²) >= 11 is 14.0. The van der Waals surface area contributed by atoms with Gasteiger partial charge in [-0.2, -0.15) is 5.26 Å². The lowest BCUT2D eigenvalue weighted by atomic mass is 10.1. The van der Waals surface area contributed by atoms with Crippen molar-refractivity contribution in [1.29, 1.82) is 5.26 Å². The standard InChI is InChI=1S/C24H16Cl2IN3O3/c25-19-10-7-17(12-20(19)26)29-24(32)16(13-28)11-15-5-8-18(9-6-15)33-14-23(31)30-22-4-2-1-3-21(22)27/h1-12H,14H2,(H,29,32)(H,30,31)/b16-11-. The molecule has 0 aliphatic rings. The van der Waals surface area contributed by atoms with E-state index in [1.54, 1.807) is 36.4 Å². The summed E-state index contributed by atoms with van der Waals surface area (Å²) in [5, 5.41) is 15.4. The Morgan fingerprint density at radius 3 is 2.39 bits per heavy atom. The Hall–Kier alpha value is -3.06. The van der Waals surface area contributed by atoms with Crippen LogP contribution in [0.2, 0.25) is 10.0 Å². The van der Waals surface area contributed by atoms with Crippen molar-refractivity contribution >= 4 is 75.1 Å². The minimum atomic E-state index is -0.580. The van der Waals surface area contributed by atoms with Crippen LogP contribution in [0.25, 0.3) is 6.08 Å². The van der Waals surface area contributed by atoms with Crippen LogP contribution in [-0.2, 0) is 9.59 Å². The topological polar surface area (TPSA) is 91.2 Å². The first-order valence-corrected chi connectivity index (χ1v) is 11.3. The molecule has 0 aliphatic carbocycles. The molecule has 166 valence electrons. The van der Waals surface area contributed by atoms with Crippen molar-refractivity contribution in [1.82, 2.24) is 0 Å². The summed E-state index contributed by atoms with van der Waals surface area (Å²) < 4.78 is 6.44. The molecule has 0 aromatic heterocycles. The number of carbonyl (C=O) groups excluding carboxylic acids is 2. The van der Waals surface area contributed by atoms with Gasteiger partial charge in [0.25, 0.3) is 11.8 Å². The van der Waals surface area contributed by atoms with Crippen molar-refractivity contribution in [2.24, 2.45) is 0 Å². The highest BCUT2D eigenvalue weighted by atomic mass is 127. The summed E-state index contributed by atoms with van der Waals surface area (Å²) in [5.74, 6) is -0.388. The van der Waals surface area contributed by atoms with Crippen LogP contribution in [0, 0.1) is 14.9 Å². The Balaban J connectivity index is 1.59. The van der Waals surface area contributed by atoms with Crippen LogP contribution in [0.3, 0.4) is 0 Å². The van der Waals surface area contributed by atoms with E-state index in [4.69, 9.17) is 27.9 Å². The van der Waals surface area contributed by atoms with Gasteiger partial charge in [-0.1, -0.05) is 47.5 Å². The van der Waals surface area contributed by atoms with Gasteiger partial charge in [0, 0.05) is 9.26 Å². The highest BCUT2D eigenvalue weighted by molar-refractivity contribution is 14.1. The van der Waals surface area contributed by atoms with Crippen molar-refractivity contribution in [3.05, 3.63) is 91.5 Å². The van der Waals surface area contributed by atoms with E-state index in [2.05, 4.69) is 33.2 Å². The number of hydrogen-bond donors (Lipinski definition) is 2. The number of nitriles is 1. The predicted octanol–water partition coefficient (Wildman–Crippen LogP) is 6.16. The molecule has 0 bridgehead atoms. The number of nitrogens with one attached hydrogen (secondary N) is 2. The minimum absolute atomic E-state index is 0.0911. The van der Waals surface area contributed by atoms with Crippen LogP contribution in [0.4, 0.5) is 11.4 Å². The number of carbonyl (C=O) groups is 2. The third-order valence-corrected chi connectivity index (χ3v) is 5.93. The molecule has 2 N–H and O–H groups in total. The zero-order chi connectivity index (χ0) is 23.8. The molecule has 33 heavy (non-hydrogen) atoms. The zero-order valence-corrected chi connectivity index (χ0v) is 20.6. The van der Waals surface area contributed by atoms with E-state index in [1.165, 1.54) is 12.1 Å². The van der Waals surface area contributed by atoms with E-state index < -0.39 is 5.91 Å². The number of rotatable bonds is 7. The fraction of sp³-hybridized carbons (Fsp3) is 0.0417. The SMILES string of the molecule is N#C/C(=C/c1ccc(OCC(=O)Nc2ccccc2I)cc1)C(=O)Nc1ccc(Cl)c(Cl)c1. The first kappa shape index (κ1) is 24.6. The molecular weight excluding hydrogens is 576 g/mol. The van der Waals surface area contributed by atoms with Crippen molar-refractivity contribution in [2.75, 3.05) is 17.2 Å². The van der Waals surface area contributed by atoms with Crippen LogP contribution < -0.4 is 15.4 Å². The average molecular weight is 592 g/mol. The number of halogens is 3. The van der Waals surface area contributed by atoms with Gasteiger partial charge >= 0.3 is 0 Å². The molecule has 0 radical (unpaired) electrons. The van der Waals surface area contributed by atoms with Crippen LogP contribution in [-0.4, -0.2) is 18.4 Å². The monoisotopic (exact) mass is 591 g/mol. The van der Waals surface area contributed by atoms with Gasteiger partial charge in [-0.25, -0.2) is 0 Å². The molecule has 3 aromatic carbocycles. The first-order chi connectivity index (χ1) is 15.9. The van der Waals surface area contributed by atoms with E-state index >= 15 is 0 Å². The molecule has 0 fully saturated rings. The van der Waals surface area contributed by atoms with Crippen LogP contribution in [0.15, 0.2) is 72.3 Å². The Kier molecular flexibility index (Phi) is 8.72. The Morgan fingerprint density at radius 2 is 1.73 bits per heavy atom. The molecule has 0 heterocycles. The van der Waals surface area contributed by atoms with E-state index in [0.717, 1.165) is 9.26 Å². The maximum Gasteiger partial charge on any atom is 0.266 e. The van der Waals surface area contributed by atoms with Gasteiger partial charge in [-0.3, -0.25) is 9.59 Å². The third-order valence-electron chi connectivity index (χ3n) is 4.25. The highest BCUT2D eigenvalue weighted by Crippen LogP contribution is 2.25. The number of anilines is 2. The molecule has 3 rings (SSSR count). The van der Waals surface area contributed by atoms with Gasteiger partial charge in [0.2, 0.25) is 0 Å². The molecule has 0 saturated heterocycles. The van der Waals surface area contributed by atoms with Crippen molar-refractivity contribution in [2.45, 2.75) is 0 Å². The van der Waals surface area contributed by atoms with E-state index in [1.807, 2.05) is 30.3 Å². The molecule has 0 unspecified atom stereocenters. The highest BCUT2D eigenvalue weighted by Gasteiger charge is 2.11. The lowest BCUT2D eigenvalue weighted by molar-refractivity contribution is -0.118. The molecule has 0 saturated carbocycles. The Bertz CT molecular complexity index is 1250. The fourth-order valence-corrected chi connectivity index (χ4v) is 3.47. The summed E-state index contributed by atoms with van der Waals surface area (Å²) in [6.07, 6.45) is 1.45. The number of ether oxygens (including phenoxy) is 1. The number of hydrogen-bond acceptors (Lipinski definition) is 4. The number of nitrogens with zero attached hydrogens (tertiary/aromatic N) is 1. The molecule has 3 aromatic rings. The van der Waals surface area contributed by atoms with E-state index in [-0.39, 0.29) is 18.1 Å². The first-order valence-electron chi connectivity index (χ1n) is 9.51. The molecule has 0 spiro atoms. The number of benzene rings is 3. The van der Waals surface area contributed by atoms with Crippen molar-refractivity contribution in [3.8, 4) is 11.8 Å². The smallest absolute Gasteiger partial charge is 0.266 e. The van der Waals surface area contributed by atoms with Gasteiger partial charge < -0.3 is 15.4 Å². The lowest BCUT2D eigenvalue weighted by Crippen LogP contribution is -2.20. The normalized spacial score (nSPS) is 10.8. The number of para-hydroxylation sites is 1. The second kappa shape index (κ2) is 11.7. The fourth-order valence-electron chi connectivity index (χ4n) is 2.65. The Labute approximate surface area is 214 Å². The van der Waals surface area contributed by atoms with Gasteiger partial charge in [0.05, 0.1) is 15.7 Å². The molecule has 0 aliphatic heterocycles. The lowest BCUT2D eigenvalue weighted by Gasteiger charge is -2.09. The molecular formula is C24H16Cl2IN3O3. The summed E-state index contributed by atoms with van der Waals surface area (Å²) in [6.45, 7) is -0.157. The largest absolute Gasteiger partial charge is 0.484 e. The zero-order valence-electron chi connectivity index (χ0n) is 16.9. The summed E-state index contributed by atoms with van der Waals surface area (Å²) in [5.41, 5.74) is 1.66. The second-order valence-electron chi connectivity index (χ2n) is 6.64. The molecule has 0 atom stereocenters. The summed E-state index contributed by atoms with van der Waals surface area (Å²) in [7, 11) is 0. The van der Waals surface area contributed by atoms with Gasteiger partial charge in [-0.15, -0.1) is 0 Å². The average Bonchev–Trinajstić information content (AvgIpc) is 2.80. The second-order valence-corrected chi connectivity index (χ2v) is 8.62. The van der Waals surface area contributed by atoms with Crippen molar-refractivity contribution < 1.29 is 14.3 Å². The molecule has 2 amide bonds. The van der Waals surface area contributed by atoms with Crippen molar-refractivity contribution in [3.63, 3.8) is 0 Å². The van der Waals surface area contributed by atoms with E-state index in [0.29, 0.717) is 27.0 Å². The quantitative estimate of drug-likeness (QED) is 0.195. The Morgan fingerprint density at radius 1 is 1.00 bits per heavy atom. The molecule has 6 nitrogen and oxygen atoms in total. The summed E-state index contributed by atoms with van der Waals surface area (Å²) in [4.78, 5) is 24.5. The predicted molar refractivity (Wildman–Crippen MR) is 138 cm³/mol. The van der Waals surface area contributed by atoms with Crippen LogP contribution in [0.5, 0.6) is 5.75 Å². The van der Waals surface area contributed by atoms with Gasteiger partial charge in [-0.05, 0) is 76.7 Å². The van der Waals surface area contributed by atoms with Gasteiger partial charge in [0.1, 0.15) is 17.4 Å². The maximum atomic E-state index is 12.4. The van der Waals surface area contributed by atoms with Gasteiger partial charge in [0.15, 0.2) is 6.61 Å². The summed E-state index contributed by atoms with van der Waals surface area (Å²) in [6, 6.07) is 20.6. The number of amides is 2.